The molecule has 1 saturated heterocycles. The van der Waals surface area contributed by atoms with Gasteiger partial charge in [-0.25, -0.2) is 4.39 Å². The van der Waals surface area contributed by atoms with Gasteiger partial charge < -0.3 is 24.8 Å². The zero-order valence-corrected chi connectivity index (χ0v) is 16.9. The van der Waals surface area contributed by atoms with Crippen molar-refractivity contribution >= 4 is 11.8 Å². The number of hydrogen-bond acceptors (Lipinski definition) is 6. The van der Waals surface area contributed by atoms with E-state index in [-0.39, 0.29) is 25.9 Å². The van der Waals surface area contributed by atoms with Crippen LogP contribution in [-0.4, -0.2) is 56.4 Å². The molecule has 9 heteroatoms. The first-order chi connectivity index (χ1) is 15.1. The molecule has 0 saturated carbocycles. The Morgan fingerprint density at radius 2 is 1.74 bits per heavy atom. The van der Waals surface area contributed by atoms with Crippen molar-refractivity contribution in [3.8, 4) is 11.5 Å². The lowest BCUT2D eigenvalue weighted by molar-refractivity contribution is -0.139. The maximum absolute atomic E-state index is 13.7. The van der Waals surface area contributed by atoms with Crippen LogP contribution in [0.25, 0.3) is 0 Å². The van der Waals surface area contributed by atoms with E-state index in [1.165, 1.54) is 6.07 Å². The number of carbonyl (C=O) groups is 2. The second-order valence-electron chi connectivity index (χ2n) is 7.26. The monoisotopic (exact) mass is 429 g/mol. The first-order valence-corrected chi connectivity index (χ1v) is 10.1. The molecular formula is C22H24FN3O5. The summed E-state index contributed by atoms with van der Waals surface area (Å²) in [7, 11) is 0. The molecule has 0 radical (unpaired) electrons. The lowest BCUT2D eigenvalue weighted by Crippen LogP contribution is -2.46. The number of hydrogen-bond donors (Lipinski definition) is 2. The zero-order valence-electron chi connectivity index (χ0n) is 16.9. The van der Waals surface area contributed by atoms with Crippen LogP contribution in [0.5, 0.6) is 11.5 Å². The molecule has 2 amide bonds. The molecule has 2 N–H and O–H groups in total. The van der Waals surface area contributed by atoms with Gasteiger partial charge in [0.1, 0.15) is 5.82 Å². The van der Waals surface area contributed by atoms with Crippen molar-refractivity contribution < 1.29 is 28.2 Å². The number of rotatable bonds is 6. The number of fused-ring (bicyclic) bond motifs is 1. The average molecular weight is 429 g/mol. The van der Waals surface area contributed by atoms with Crippen LogP contribution in [0.2, 0.25) is 0 Å². The Bertz CT molecular complexity index is 948. The molecule has 2 aliphatic heterocycles. The molecule has 4 rings (SSSR count). The summed E-state index contributed by atoms with van der Waals surface area (Å²) in [5, 5.41) is 5.15. The maximum Gasteiger partial charge on any atom is 0.309 e. The van der Waals surface area contributed by atoms with E-state index in [2.05, 4.69) is 15.5 Å². The van der Waals surface area contributed by atoms with Gasteiger partial charge in [-0.1, -0.05) is 24.3 Å². The highest BCUT2D eigenvalue weighted by Gasteiger charge is 2.26. The third-order valence-electron chi connectivity index (χ3n) is 5.33. The van der Waals surface area contributed by atoms with E-state index < -0.39 is 17.6 Å². The largest absolute Gasteiger partial charge is 0.454 e. The third-order valence-corrected chi connectivity index (χ3v) is 5.33. The molecular weight excluding hydrogens is 405 g/mol. The van der Waals surface area contributed by atoms with E-state index >= 15 is 0 Å². The third kappa shape index (κ3) is 5.12. The number of nitrogens with zero attached hydrogens (tertiary/aromatic N) is 1. The summed E-state index contributed by atoms with van der Waals surface area (Å²) in [6, 6.07) is 11.6. The summed E-state index contributed by atoms with van der Waals surface area (Å²) in [6.45, 7) is 2.94. The van der Waals surface area contributed by atoms with Crippen molar-refractivity contribution in [1.29, 1.82) is 0 Å². The zero-order chi connectivity index (χ0) is 21.6. The minimum atomic E-state index is -0.810. The molecule has 0 aliphatic carbocycles. The highest BCUT2D eigenvalue weighted by atomic mass is 19.1. The van der Waals surface area contributed by atoms with Gasteiger partial charge in [-0.2, -0.15) is 0 Å². The molecule has 0 spiro atoms. The molecule has 8 nitrogen and oxygen atoms in total. The van der Waals surface area contributed by atoms with Gasteiger partial charge in [0, 0.05) is 31.7 Å². The first-order valence-electron chi connectivity index (χ1n) is 10.1. The number of nitrogens with one attached hydrogen (secondary N) is 2. The van der Waals surface area contributed by atoms with Gasteiger partial charge in [0.2, 0.25) is 6.79 Å². The Morgan fingerprint density at radius 1 is 1.00 bits per heavy atom. The van der Waals surface area contributed by atoms with Crippen molar-refractivity contribution in [1.82, 2.24) is 15.5 Å². The van der Waals surface area contributed by atoms with Gasteiger partial charge in [0.15, 0.2) is 11.5 Å². The van der Waals surface area contributed by atoms with Crippen LogP contribution in [-0.2, 0) is 20.9 Å². The predicted molar refractivity (Wildman–Crippen MR) is 109 cm³/mol. The van der Waals surface area contributed by atoms with Crippen LogP contribution in [0.4, 0.5) is 4.39 Å². The van der Waals surface area contributed by atoms with Crippen molar-refractivity contribution in [2.24, 2.45) is 0 Å². The second-order valence-corrected chi connectivity index (χ2v) is 7.26. The molecule has 164 valence electrons. The Balaban J connectivity index is 1.39. The standard InChI is InChI=1S/C22H24FN3O5/c23-17-4-2-1-3-16(17)12-24-21(27)22(28)25-13-18(26-7-9-29-10-8-26)15-5-6-19-20(11-15)31-14-30-19/h1-6,11,18H,7-10,12-14H2,(H,24,27)(H,25,28)/t18-/m0/s1. The Morgan fingerprint density at radius 3 is 2.55 bits per heavy atom. The molecule has 31 heavy (non-hydrogen) atoms. The van der Waals surface area contributed by atoms with Crippen molar-refractivity contribution in [2.45, 2.75) is 12.6 Å². The summed E-state index contributed by atoms with van der Waals surface area (Å²) >= 11 is 0. The summed E-state index contributed by atoms with van der Waals surface area (Å²) < 4.78 is 30.0. The quantitative estimate of drug-likeness (QED) is 0.675. The molecule has 2 heterocycles. The molecule has 2 aromatic rings. The lowest BCUT2D eigenvalue weighted by atomic mass is 10.0. The molecule has 1 atom stereocenters. The molecule has 1 fully saturated rings. The van der Waals surface area contributed by atoms with Gasteiger partial charge in [0.25, 0.3) is 0 Å². The van der Waals surface area contributed by atoms with E-state index in [9.17, 15) is 14.0 Å². The molecule has 0 bridgehead atoms. The highest BCUT2D eigenvalue weighted by molar-refractivity contribution is 6.35. The van der Waals surface area contributed by atoms with Crippen LogP contribution in [0.3, 0.4) is 0 Å². The number of amides is 2. The van der Waals surface area contributed by atoms with E-state index in [1.807, 2.05) is 18.2 Å². The van der Waals surface area contributed by atoms with Crippen LogP contribution in [0, 0.1) is 5.82 Å². The summed E-state index contributed by atoms with van der Waals surface area (Å²) in [6.07, 6.45) is 0. The van der Waals surface area contributed by atoms with E-state index in [1.54, 1.807) is 18.2 Å². The van der Waals surface area contributed by atoms with E-state index in [0.29, 0.717) is 43.4 Å². The minimum absolute atomic E-state index is 0.0615. The summed E-state index contributed by atoms with van der Waals surface area (Å²) in [5.41, 5.74) is 1.26. The fourth-order valence-corrected chi connectivity index (χ4v) is 3.63. The number of benzene rings is 2. The van der Waals surface area contributed by atoms with Gasteiger partial charge in [-0.3, -0.25) is 14.5 Å². The predicted octanol–water partition coefficient (Wildman–Crippen LogP) is 1.36. The van der Waals surface area contributed by atoms with Gasteiger partial charge in [0.05, 0.1) is 19.3 Å². The number of carbonyl (C=O) groups excluding carboxylic acids is 2. The normalized spacial score (nSPS) is 16.5. The fraction of sp³-hybridized carbons (Fsp3) is 0.364. The van der Waals surface area contributed by atoms with Crippen molar-refractivity contribution in [3.63, 3.8) is 0 Å². The fourth-order valence-electron chi connectivity index (χ4n) is 3.63. The SMILES string of the molecule is O=C(NCc1ccccc1F)C(=O)NC[C@@H](c1ccc2c(c1)OCO2)N1CCOCC1. The van der Waals surface area contributed by atoms with Crippen LogP contribution >= 0.6 is 0 Å². The smallest absolute Gasteiger partial charge is 0.309 e. The lowest BCUT2D eigenvalue weighted by Gasteiger charge is -2.34. The maximum atomic E-state index is 13.7. The highest BCUT2D eigenvalue weighted by Crippen LogP contribution is 2.35. The van der Waals surface area contributed by atoms with Crippen LogP contribution < -0.4 is 20.1 Å². The molecule has 2 aliphatic rings. The molecule has 2 aromatic carbocycles. The summed E-state index contributed by atoms with van der Waals surface area (Å²) in [5.74, 6) is -0.672. The van der Waals surface area contributed by atoms with Crippen LogP contribution in [0.1, 0.15) is 17.2 Å². The Hall–Kier alpha value is -3.17. The number of ether oxygens (including phenoxy) is 3. The van der Waals surface area contributed by atoms with Crippen molar-refractivity contribution in [3.05, 3.63) is 59.4 Å². The number of halogens is 1. The average Bonchev–Trinajstić information content (AvgIpc) is 3.27. The van der Waals surface area contributed by atoms with Gasteiger partial charge >= 0.3 is 11.8 Å². The molecule has 0 unspecified atom stereocenters. The molecule has 0 aromatic heterocycles. The summed E-state index contributed by atoms with van der Waals surface area (Å²) in [4.78, 5) is 26.7. The minimum Gasteiger partial charge on any atom is -0.454 e. The first kappa shape index (κ1) is 21.1. The second kappa shape index (κ2) is 9.76. The van der Waals surface area contributed by atoms with E-state index in [4.69, 9.17) is 14.2 Å². The topological polar surface area (TPSA) is 89.1 Å². The van der Waals surface area contributed by atoms with Crippen LogP contribution in [0.15, 0.2) is 42.5 Å². The van der Waals surface area contributed by atoms with E-state index in [0.717, 1.165) is 5.56 Å². The van der Waals surface area contributed by atoms with Gasteiger partial charge in [-0.15, -0.1) is 0 Å². The Labute approximate surface area is 179 Å². The number of morpholine rings is 1. The van der Waals surface area contributed by atoms with Crippen molar-refractivity contribution in [2.75, 3.05) is 39.6 Å². The Kier molecular flexibility index (Phi) is 6.63. The van der Waals surface area contributed by atoms with Gasteiger partial charge in [-0.05, 0) is 23.8 Å².